The van der Waals surface area contributed by atoms with Crippen molar-refractivity contribution in [3.63, 3.8) is 0 Å². The van der Waals surface area contributed by atoms with E-state index in [4.69, 9.17) is 4.42 Å². The number of hydrogen-bond donors (Lipinski definition) is 1. The number of fused-ring (bicyclic) bond motifs is 1. The van der Waals surface area contributed by atoms with Crippen LogP contribution in [0.2, 0.25) is 0 Å². The first-order valence-electron chi connectivity index (χ1n) is 10.0. The summed E-state index contributed by atoms with van der Waals surface area (Å²) in [5.41, 5.74) is 0.966. The minimum Gasteiger partial charge on any atom is -0.439 e. The van der Waals surface area contributed by atoms with E-state index in [2.05, 4.69) is 25.3 Å². The van der Waals surface area contributed by atoms with Crippen LogP contribution in [-0.4, -0.2) is 25.8 Å². The highest BCUT2D eigenvalue weighted by molar-refractivity contribution is 5.92. The van der Waals surface area contributed by atoms with E-state index < -0.39 is 29.5 Å². The lowest BCUT2D eigenvalue weighted by Gasteiger charge is -2.21. The summed E-state index contributed by atoms with van der Waals surface area (Å²) < 4.78 is 44.6. The first-order valence-corrected chi connectivity index (χ1v) is 10.0. The van der Waals surface area contributed by atoms with Crippen molar-refractivity contribution in [1.82, 2.24) is 25.3 Å². The first kappa shape index (κ1) is 19.7. The maximum atomic E-state index is 12.9. The lowest BCUT2D eigenvalue weighted by Crippen LogP contribution is -2.31. The van der Waals surface area contributed by atoms with Gasteiger partial charge in [0.15, 0.2) is 5.69 Å². The number of halogens is 3. The molecular weight excluding hydrogens is 411 g/mol. The fourth-order valence-electron chi connectivity index (χ4n) is 3.71. The van der Waals surface area contributed by atoms with Crippen LogP contribution in [0.5, 0.6) is 0 Å². The second-order valence-electron chi connectivity index (χ2n) is 7.78. The van der Waals surface area contributed by atoms with Crippen molar-refractivity contribution in [2.75, 3.05) is 0 Å². The summed E-state index contributed by atoms with van der Waals surface area (Å²) in [6.07, 6.45) is 2.97. The van der Waals surface area contributed by atoms with Gasteiger partial charge in [0, 0.05) is 23.4 Å². The zero-order valence-corrected chi connectivity index (χ0v) is 16.3. The molecule has 0 radical (unpaired) electrons. The third-order valence-electron chi connectivity index (χ3n) is 5.44. The maximum absolute atomic E-state index is 12.9. The van der Waals surface area contributed by atoms with Crippen molar-refractivity contribution in [1.29, 1.82) is 0 Å². The number of aryl methyl sites for hydroxylation is 1. The quantitative estimate of drug-likeness (QED) is 0.667. The number of oxazole rings is 1. The molecule has 0 saturated heterocycles. The lowest BCUT2D eigenvalue weighted by molar-refractivity contribution is -0.141. The summed E-state index contributed by atoms with van der Waals surface area (Å²) in [6, 6.07) is 3.30. The monoisotopic (exact) mass is 429 g/mol. The number of alkyl halides is 3. The van der Waals surface area contributed by atoms with Gasteiger partial charge in [-0.05, 0) is 44.2 Å². The lowest BCUT2D eigenvalue weighted by atomic mass is 9.97. The molecule has 0 bridgehead atoms. The predicted octanol–water partition coefficient (Wildman–Crippen LogP) is 4.23. The normalized spacial score (nSPS) is 18.5. The van der Waals surface area contributed by atoms with Crippen LogP contribution in [-0.2, 0) is 12.6 Å². The van der Waals surface area contributed by atoms with Gasteiger partial charge in [-0.15, -0.1) is 0 Å². The van der Waals surface area contributed by atoms with Crippen LogP contribution in [0.25, 0.3) is 11.5 Å². The Bertz CT molecular complexity index is 1140. The topological polar surface area (TPSA) is 93.8 Å². The number of hydrogen-bond acceptors (Lipinski definition) is 6. The number of rotatable bonds is 4. The molecule has 160 valence electrons. The Morgan fingerprint density at radius 3 is 2.77 bits per heavy atom. The number of amides is 1. The Balaban J connectivity index is 1.38. The van der Waals surface area contributed by atoms with Gasteiger partial charge in [-0.25, -0.2) is 9.97 Å². The van der Waals surface area contributed by atoms with Crippen molar-refractivity contribution in [2.45, 2.75) is 50.2 Å². The van der Waals surface area contributed by atoms with Crippen LogP contribution in [0.4, 0.5) is 13.2 Å². The molecule has 2 aliphatic rings. The molecule has 1 atom stereocenters. The Labute approximate surface area is 175 Å². The number of carbonyl (C=O) groups is 1. The van der Waals surface area contributed by atoms with Gasteiger partial charge in [0.05, 0.1) is 24.1 Å². The third kappa shape index (κ3) is 4.01. The smallest absolute Gasteiger partial charge is 0.434 e. The molecule has 0 aromatic carbocycles. The van der Waals surface area contributed by atoms with Crippen LogP contribution >= 0.6 is 0 Å². The number of aromatic nitrogens is 4. The van der Waals surface area contributed by atoms with E-state index in [-0.39, 0.29) is 0 Å². The number of pyridine rings is 1. The highest BCUT2D eigenvalue weighted by Crippen LogP contribution is 2.40. The molecule has 1 amide bonds. The Morgan fingerprint density at radius 2 is 2.00 bits per heavy atom. The molecule has 7 nitrogen and oxygen atoms in total. The standard InChI is InChI=1S/C21H18F3N5O2/c22-21(23,24)17-10-25-9-16(27-17)19(30)28-13-2-1-3-14-18(13)31-20(29-14)12-6-7-26-15(8-12)11-4-5-11/h6-11,13H,1-5H2,(H,28,30)/t13-/m1/s1. The predicted molar refractivity (Wildman–Crippen MR) is 102 cm³/mol. The van der Waals surface area contributed by atoms with Gasteiger partial charge < -0.3 is 9.73 Å². The van der Waals surface area contributed by atoms with Crippen LogP contribution in [0.15, 0.2) is 35.1 Å². The summed E-state index contributed by atoms with van der Waals surface area (Å²) in [5.74, 6) is 0.730. The van der Waals surface area contributed by atoms with E-state index in [0.717, 1.165) is 42.4 Å². The minimum atomic E-state index is -4.68. The fourth-order valence-corrected chi connectivity index (χ4v) is 3.71. The van der Waals surface area contributed by atoms with Crippen LogP contribution in [0.3, 0.4) is 0 Å². The van der Waals surface area contributed by atoms with E-state index >= 15 is 0 Å². The summed E-state index contributed by atoms with van der Waals surface area (Å²) in [4.78, 5) is 28.4. The number of nitrogens with one attached hydrogen (secondary N) is 1. The molecule has 31 heavy (non-hydrogen) atoms. The molecule has 2 aliphatic carbocycles. The van der Waals surface area contributed by atoms with Crippen molar-refractivity contribution in [2.24, 2.45) is 0 Å². The van der Waals surface area contributed by atoms with Gasteiger partial charge in [-0.2, -0.15) is 13.2 Å². The SMILES string of the molecule is O=C(N[C@@H]1CCCc2nc(-c3ccnc(C4CC4)c3)oc21)c1cncc(C(F)(F)F)n1. The van der Waals surface area contributed by atoms with E-state index in [1.54, 1.807) is 6.20 Å². The molecule has 1 fully saturated rings. The minimum absolute atomic E-state index is 0.398. The second kappa shape index (κ2) is 7.44. The van der Waals surface area contributed by atoms with Crippen LogP contribution in [0, 0.1) is 0 Å². The van der Waals surface area contributed by atoms with Gasteiger partial charge in [-0.3, -0.25) is 14.8 Å². The zero-order valence-electron chi connectivity index (χ0n) is 16.3. The molecule has 0 unspecified atom stereocenters. The molecule has 1 N–H and O–H groups in total. The van der Waals surface area contributed by atoms with E-state index in [1.165, 1.54) is 0 Å². The summed E-state index contributed by atoms with van der Waals surface area (Å²) >= 11 is 0. The van der Waals surface area contributed by atoms with Crippen molar-refractivity contribution < 1.29 is 22.4 Å². The molecule has 1 saturated carbocycles. The Morgan fingerprint density at radius 1 is 1.16 bits per heavy atom. The Hall–Kier alpha value is -3.30. The van der Waals surface area contributed by atoms with Gasteiger partial charge >= 0.3 is 6.18 Å². The van der Waals surface area contributed by atoms with Crippen molar-refractivity contribution >= 4 is 5.91 Å². The van der Waals surface area contributed by atoms with Gasteiger partial charge in [0.25, 0.3) is 5.91 Å². The van der Waals surface area contributed by atoms with E-state index in [0.29, 0.717) is 36.6 Å². The zero-order chi connectivity index (χ0) is 21.6. The Kier molecular flexibility index (Phi) is 4.71. The molecule has 3 aromatic rings. The van der Waals surface area contributed by atoms with Gasteiger partial charge in [0.1, 0.15) is 11.5 Å². The highest BCUT2D eigenvalue weighted by atomic mass is 19.4. The summed E-state index contributed by atoms with van der Waals surface area (Å²) in [6.45, 7) is 0. The number of carbonyl (C=O) groups excluding carboxylic acids is 1. The van der Waals surface area contributed by atoms with E-state index in [1.807, 2.05) is 12.1 Å². The molecule has 10 heteroatoms. The third-order valence-corrected chi connectivity index (χ3v) is 5.44. The largest absolute Gasteiger partial charge is 0.439 e. The highest BCUT2D eigenvalue weighted by Gasteiger charge is 2.34. The molecule has 0 spiro atoms. The van der Waals surface area contributed by atoms with Crippen molar-refractivity contribution in [3.8, 4) is 11.5 Å². The molecule has 0 aliphatic heterocycles. The molecule has 5 rings (SSSR count). The van der Waals surface area contributed by atoms with E-state index in [9.17, 15) is 18.0 Å². The van der Waals surface area contributed by atoms with Gasteiger partial charge in [0.2, 0.25) is 5.89 Å². The average molecular weight is 429 g/mol. The molecule has 3 heterocycles. The molecular formula is C21H18F3N5O2. The average Bonchev–Trinajstić information content (AvgIpc) is 3.52. The first-order chi connectivity index (χ1) is 14.9. The summed E-state index contributed by atoms with van der Waals surface area (Å²) in [7, 11) is 0. The second-order valence-corrected chi connectivity index (χ2v) is 7.78. The number of nitrogens with zero attached hydrogens (tertiary/aromatic N) is 4. The van der Waals surface area contributed by atoms with Gasteiger partial charge in [-0.1, -0.05) is 0 Å². The van der Waals surface area contributed by atoms with Crippen LogP contribution < -0.4 is 5.32 Å². The maximum Gasteiger partial charge on any atom is 0.434 e. The van der Waals surface area contributed by atoms with Crippen molar-refractivity contribution in [3.05, 3.63) is 59.3 Å². The van der Waals surface area contributed by atoms with Crippen LogP contribution in [0.1, 0.15) is 71.0 Å². The molecule has 3 aromatic heterocycles. The fraction of sp³-hybridized carbons (Fsp3) is 0.381. The summed E-state index contributed by atoms with van der Waals surface area (Å²) in [5, 5.41) is 2.72.